The first-order valence-electron chi connectivity index (χ1n) is 4.49. The van der Waals surface area contributed by atoms with Crippen LogP contribution in [0, 0.1) is 0 Å². The van der Waals surface area contributed by atoms with Crippen molar-refractivity contribution >= 4 is 17.7 Å². The first-order chi connectivity index (χ1) is 6.40. The van der Waals surface area contributed by atoms with Crippen molar-refractivity contribution in [3.8, 4) is 0 Å². The molecule has 1 aliphatic rings. The number of hydrogen-bond acceptors (Lipinski definition) is 6. The standard InChI is InChI=1S/C8H17N3O2S/c1-14-5-4-8(10,11)6(12)13-7(9)2-3-7/h2-5,9-11H2,1H3. The summed E-state index contributed by atoms with van der Waals surface area (Å²) in [7, 11) is 0. The molecule has 82 valence electrons. The average molecular weight is 219 g/mol. The number of hydrogen-bond donors (Lipinski definition) is 3. The van der Waals surface area contributed by atoms with E-state index in [0.29, 0.717) is 19.3 Å². The van der Waals surface area contributed by atoms with Crippen molar-refractivity contribution in [2.45, 2.75) is 30.7 Å². The second kappa shape index (κ2) is 4.06. The molecule has 0 saturated heterocycles. The van der Waals surface area contributed by atoms with Gasteiger partial charge < -0.3 is 16.2 Å². The normalized spacial score (nSPS) is 19.1. The maximum absolute atomic E-state index is 11.5. The third-order valence-corrected chi connectivity index (χ3v) is 2.75. The number of thioether (sulfide) groups is 1. The molecule has 0 aliphatic heterocycles. The summed E-state index contributed by atoms with van der Waals surface area (Å²) in [5, 5.41) is 0. The van der Waals surface area contributed by atoms with Crippen LogP contribution in [-0.2, 0) is 9.53 Å². The lowest BCUT2D eigenvalue weighted by Crippen LogP contribution is -2.59. The Labute approximate surface area is 87.7 Å². The molecule has 6 N–H and O–H groups in total. The fraction of sp³-hybridized carbons (Fsp3) is 0.875. The van der Waals surface area contributed by atoms with Crippen molar-refractivity contribution in [3.05, 3.63) is 0 Å². The molecule has 14 heavy (non-hydrogen) atoms. The highest BCUT2D eigenvalue weighted by Gasteiger charge is 2.46. The summed E-state index contributed by atoms with van der Waals surface area (Å²) >= 11 is 1.58. The lowest BCUT2D eigenvalue weighted by atomic mass is 10.1. The van der Waals surface area contributed by atoms with Gasteiger partial charge in [-0.3, -0.25) is 5.73 Å². The molecule has 0 radical (unpaired) electrons. The summed E-state index contributed by atoms with van der Waals surface area (Å²) < 4.78 is 4.99. The Morgan fingerprint density at radius 3 is 2.57 bits per heavy atom. The van der Waals surface area contributed by atoms with Crippen LogP contribution < -0.4 is 17.2 Å². The van der Waals surface area contributed by atoms with Gasteiger partial charge in [-0.15, -0.1) is 0 Å². The van der Waals surface area contributed by atoms with Crippen LogP contribution in [0.1, 0.15) is 19.3 Å². The van der Waals surface area contributed by atoms with E-state index in [9.17, 15) is 4.79 Å². The quantitative estimate of drug-likeness (QED) is 0.419. The van der Waals surface area contributed by atoms with Crippen LogP contribution in [0.25, 0.3) is 0 Å². The average Bonchev–Trinajstić information content (AvgIpc) is 2.80. The van der Waals surface area contributed by atoms with E-state index in [-0.39, 0.29) is 0 Å². The van der Waals surface area contributed by atoms with Crippen molar-refractivity contribution in [1.82, 2.24) is 0 Å². The molecule has 0 aromatic heterocycles. The minimum atomic E-state index is -1.40. The number of carbonyl (C=O) groups excluding carboxylic acids is 1. The van der Waals surface area contributed by atoms with E-state index < -0.39 is 17.4 Å². The zero-order valence-corrected chi connectivity index (χ0v) is 9.10. The summed E-state index contributed by atoms with van der Waals surface area (Å²) in [6, 6.07) is 0. The zero-order valence-electron chi connectivity index (χ0n) is 8.29. The van der Waals surface area contributed by atoms with E-state index >= 15 is 0 Å². The van der Waals surface area contributed by atoms with Crippen molar-refractivity contribution in [3.63, 3.8) is 0 Å². The van der Waals surface area contributed by atoms with E-state index in [1.807, 2.05) is 6.26 Å². The van der Waals surface area contributed by atoms with Gasteiger partial charge in [0, 0.05) is 12.8 Å². The molecule has 6 heteroatoms. The topological polar surface area (TPSA) is 104 Å². The van der Waals surface area contributed by atoms with Gasteiger partial charge in [0.15, 0.2) is 11.4 Å². The molecule has 0 atom stereocenters. The minimum absolute atomic E-state index is 0.392. The van der Waals surface area contributed by atoms with E-state index in [4.69, 9.17) is 21.9 Å². The molecule has 5 nitrogen and oxygen atoms in total. The van der Waals surface area contributed by atoms with Crippen LogP contribution in [0.3, 0.4) is 0 Å². The maximum atomic E-state index is 11.5. The van der Waals surface area contributed by atoms with Crippen LogP contribution >= 0.6 is 11.8 Å². The lowest BCUT2D eigenvalue weighted by Gasteiger charge is -2.24. The van der Waals surface area contributed by atoms with Crippen molar-refractivity contribution in [1.29, 1.82) is 0 Å². The fourth-order valence-corrected chi connectivity index (χ4v) is 1.42. The Morgan fingerprint density at radius 1 is 1.57 bits per heavy atom. The van der Waals surface area contributed by atoms with Gasteiger partial charge in [0.1, 0.15) is 0 Å². The molecule has 0 bridgehead atoms. The maximum Gasteiger partial charge on any atom is 0.342 e. The summed E-state index contributed by atoms with van der Waals surface area (Å²) in [6.07, 6.45) is 3.70. The summed E-state index contributed by atoms with van der Waals surface area (Å²) in [4.78, 5) is 11.5. The molecule has 0 unspecified atom stereocenters. The monoisotopic (exact) mass is 219 g/mol. The molecule has 0 aromatic carbocycles. The molecular weight excluding hydrogens is 202 g/mol. The second-order valence-electron chi connectivity index (χ2n) is 3.74. The van der Waals surface area contributed by atoms with Crippen molar-refractivity contribution < 1.29 is 9.53 Å². The SMILES string of the molecule is CSCCC(N)(N)C(=O)OC1(N)CC1. The van der Waals surface area contributed by atoms with E-state index in [1.165, 1.54) is 0 Å². The Balaban J connectivity index is 2.40. The van der Waals surface area contributed by atoms with E-state index in [0.717, 1.165) is 5.75 Å². The number of esters is 1. The number of carbonyl (C=O) groups is 1. The molecule has 1 aliphatic carbocycles. The Hall–Kier alpha value is -0.300. The van der Waals surface area contributed by atoms with Crippen LogP contribution in [0.4, 0.5) is 0 Å². The van der Waals surface area contributed by atoms with Crippen LogP contribution in [0.2, 0.25) is 0 Å². The van der Waals surface area contributed by atoms with Crippen molar-refractivity contribution in [2.24, 2.45) is 17.2 Å². The Kier molecular flexibility index (Phi) is 3.41. The molecule has 1 rings (SSSR count). The highest BCUT2D eigenvalue weighted by Crippen LogP contribution is 2.34. The third kappa shape index (κ3) is 3.13. The van der Waals surface area contributed by atoms with Gasteiger partial charge >= 0.3 is 5.97 Å². The molecule has 0 aromatic rings. The van der Waals surface area contributed by atoms with Gasteiger partial charge in [0.05, 0.1) is 0 Å². The highest BCUT2D eigenvalue weighted by atomic mass is 32.2. The minimum Gasteiger partial charge on any atom is -0.442 e. The molecule has 0 amide bonds. The van der Waals surface area contributed by atoms with Gasteiger partial charge in [-0.05, 0) is 18.4 Å². The van der Waals surface area contributed by atoms with E-state index in [2.05, 4.69) is 0 Å². The summed E-state index contributed by atoms with van der Waals surface area (Å²) in [5.74, 6) is 0.117. The van der Waals surface area contributed by atoms with Crippen LogP contribution in [-0.4, -0.2) is 29.4 Å². The lowest BCUT2D eigenvalue weighted by molar-refractivity contribution is -0.157. The number of nitrogens with two attached hydrogens (primary N) is 3. The fourth-order valence-electron chi connectivity index (χ4n) is 0.878. The molecule has 1 saturated carbocycles. The second-order valence-corrected chi connectivity index (χ2v) is 4.72. The summed E-state index contributed by atoms with van der Waals surface area (Å²) in [6.45, 7) is 0. The van der Waals surface area contributed by atoms with Gasteiger partial charge in [-0.2, -0.15) is 11.8 Å². The third-order valence-electron chi connectivity index (χ3n) is 2.14. The molecular formula is C8H17N3O2S. The Morgan fingerprint density at radius 2 is 2.14 bits per heavy atom. The highest BCUT2D eigenvalue weighted by molar-refractivity contribution is 7.98. The largest absolute Gasteiger partial charge is 0.442 e. The predicted octanol–water partition coefficient (Wildman–Crippen LogP) is -0.655. The predicted molar refractivity (Wildman–Crippen MR) is 56.3 cm³/mol. The summed E-state index contributed by atoms with van der Waals surface area (Å²) in [5.41, 5.74) is 14.6. The van der Waals surface area contributed by atoms with Gasteiger partial charge in [-0.1, -0.05) is 0 Å². The van der Waals surface area contributed by atoms with Crippen LogP contribution in [0.15, 0.2) is 0 Å². The molecule has 0 heterocycles. The van der Waals surface area contributed by atoms with E-state index in [1.54, 1.807) is 11.8 Å². The molecule has 1 fully saturated rings. The number of ether oxygens (including phenoxy) is 1. The number of rotatable bonds is 5. The van der Waals surface area contributed by atoms with Crippen LogP contribution in [0.5, 0.6) is 0 Å². The van der Waals surface area contributed by atoms with Gasteiger partial charge in [-0.25, -0.2) is 4.79 Å². The molecule has 0 spiro atoms. The first-order valence-corrected chi connectivity index (χ1v) is 5.88. The van der Waals surface area contributed by atoms with Gasteiger partial charge in [0.2, 0.25) is 0 Å². The van der Waals surface area contributed by atoms with Crippen molar-refractivity contribution in [2.75, 3.05) is 12.0 Å². The zero-order chi connectivity index (χ0) is 10.8. The van der Waals surface area contributed by atoms with Gasteiger partial charge in [0.25, 0.3) is 0 Å². The Bertz CT molecular complexity index is 229. The first kappa shape index (κ1) is 11.8. The smallest absolute Gasteiger partial charge is 0.342 e.